The summed E-state index contributed by atoms with van der Waals surface area (Å²) in [5, 5.41) is 2.94. The molecule has 36 heavy (non-hydrogen) atoms. The summed E-state index contributed by atoms with van der Waals surface area (Å²) in [7, 11) is 3.11. The molecule has 0 radical (unpaired) electrons. The van der Waals surface area contributed by atoms with Crippen molar-refractivity contribution in [2.24, 2.45) is 4.99 Å². The van der Waals surface area contributed by atoms with Crippen LogP contribution in [0.15, 0.2) is 92.4 Å². The van der Waals surface area contributed by atoms with E-state index >= 15 is 0 Å². The van der Waals surface area contributed by atoms with E-state index in [0.29, 0.717) is 49.1 Å². The van der Waals surface area contributed by atoms with Gasteiger partial charge in [0.05, 0.1) is 36.3 Å². The number of carbonyl (C=O) groups excluding carboxylic acids is 1. The van der Waals surface area contributed by atoms with E-state index in [4.69, 9.17) is 13.9 Å². The highest BCUT2D eigenvalue weighted by molar-refractivity contribution is 7.07. The Morgan fingerprint density at radius 3 is 2.61 bits per heavy atom. The number of fused-ring (bicyclic) bond motifs is 1. The number of hydrogen-bond donors (Lipinski definition) is 1. The van der Waals surface area contributed by atoms with Crippen LogP contribution in [0, 0.1) is 0 Å². The van der Waals surface area contributed by atoms with Crippen molar-refractivity contribution in [1.82, 2.24) is 4.57 Å². The topological polar surface area (TPSA) is 95.1 Å². The minimum atomic E-state index is -0.774. The van der Waals surface area contributed by atoms with Crippen molar-refractivity contribution in [1.29, 1.82) is 0 Å². The van der Waals surface area contributed by atoms with Gasteiger partial charge in [-0.15, -0.1) is 0 Å². The van der Waals surface area contributed by atoms with Crippen molar-refractivity contribution < 1.29 is 18.7 Å². The van der Waals surface area contributed by atoms with Gasteiger partial charge in [-0.25, -0.2) is 4.99 Å². The molecule has 0 unspecified atom stereocenters. The average molecular weight is 502 g/mol. The lowest BCUT2D eigenvalue weighted by Gasteiger charge is -2.26. The van der Waals surface area contributed by atoms with Crippen molar-refractivity contribution in [3.8, 4) is 11.5 Å². The monoisotopic (exact) mass is 501 g/mol. The Kier molecular flexibility index (Phi) is 6.30. The van der Waals surface area contributed by atoms with E-state index in [9.17, 15) is 9.59 Å². The maximum Gasteiger partial charge on any atom is 0.271 e. The highest BCUT2D eigenvalue weighted by atomic mass is 32.1. The number of nitrogens with zero attached hydrogens (tertiary/aromatic N) is 2. The molecule has 1 aliphatic heterocycles. The summed E-state index contributed by atoms with van der Waals surface area (Å²) in [5.74, 6) is 1.28. The maximum atomic E-state index is 13.7. The molecule has 0 aliphatic carbocycles. The number of benzene rings is 2. The largest absolute Gasteiger partial charge is 0.497 e. The predicted molar refractivity (Wildman–Crippen MR) is 137 cm³/mol. The molecule has 4 aromatic rings. The van der Waals surface area contributed by atoms with Crippen LogP contribution in [0.1, 0.15) is 24.3 Å². The number of ether oxygens (including phenoxy) is 2. The van der Waals surface area contributed by atoms with E-state index in [1.54, 1.807) is 75.9 Å². The van der Waals surface area contributed by atoms with Gasteiger partial charge in [-0.05, 0) is 43.3 Å². The number of thiazole rings is 1. The lowest BCUT2D eigenvalue weighted by atomic mass is 9.94. The predicted octanol–water partition coefficient (Wildman–Crippen LogP) is 3.48. The van der Waals surface area contributed by atoms with Crippen molar-refractivity contribution in [3.05, 3.63) is 109 Å². The van der Waals surface area contributed by atoms with E-state index < -0.39 is 6.04 Å². The van der Waals surface area contributed by atoms with Crippen LogP contribution in [0.2, 0.25) is 0 Å². The molecule has 3 heterocycles. The van der Waals surface area contributed by atoms with Crippen LogP contribution in [-0.2, 0) is 4.79 Å². The minimum Gasteiger partial charge on any atom is -0.497 e. The summed E-state index contributed by atoms with van der Waals surface area (Å²) in [4.78, 5) is 32.5. The first kappa shape index (κ1) is 23.4. The van der Waals surface area contributed by atoms with Gasteiger partial charge in [0.25, 0.3) is 11.5 Å². The molecule has 1 atom stereocenters. The third-order valence-electron chi connectivity index (χ3n) is 5.85. The van der Waals surface area contributed by atoms with E-state index in [2.05, 4.69) is 10.3 Å². The Hall–Kier alpha value is -4.37. The lowest BCUT2D eigenvalue weighted by molar-refractivity contribution is -0.113. The molecule has 1 amide bonds. The SMILES string of the molecule is COc1ccc([C@H]2C(C(=O)Nc3ccccc3)=C(C)N=c3s/c(=C\c4ccco4)c(=O)n32)c(OC)c1. The summed E-state index contributed by atoms with van der Waals surface area (Å²) in [5.41, 5.74) is 1.85. The summed E-state index contributed by atoms with van der Waals surface area (Å²) in [6.07, 6.45) is 3.22. The second-order valence-corrected chi connectivity index (χ2v) is 9.03. The first-order valence-electron chi connectivity index (χ1n) is 11.1. The van der Waals surface area contributed by atoms with E-state index in [1.165, 1.54) is 15.9 Å². The molecule has 182 valence electrons. The number of nitrogens with one attached hydrogen (secondary N) is 1. The molecule has 9 heteroatoms. The number of amides is 1. The van der Waals surface area contributed by atoms with Gasteiger partial charge < -0.3 is 19.2 Å². The van der Waals surface area contributed by atoms with Crippen LogP contribution in [0.3, 0.4) is 0 Å². The van der Waals surface area contributed by atoms with Gasteiger partial charge in [0.2, 0.25) is 0 Å². The fourth-order valence-corrected chi connectivity index (χ4v) is 5.20. The van der Waals surface area contributed by atoms with Gasteiger partial charge in [-0.1, -0.05) is 29.5 Å². The summed E-state index contributed by atoms with van der Waals surface area (Å²) in [6, 6.07) is 17.2. The van der Waals surface area contributed by atoms with Crippen molar-refractivity contribution in [3.63, 3.8) is 0 Å². The fourth-order valence-electron chi connectivity index (χ4n) is 4.17. The quantitative estimate of drug-likeness (QED) is 0.437. The highest BCUT2D eigenvalue weighted by Gasteiger charge is 2.34. The summed E-state index contributed by atoms with van der Waals surface area (Å²) in [6.45, 7) is 1.77. The number of rotatable bonds is 6. The van der Waals surface area contributed by atoms with Gasteiger partial charge >= 0.3 is 0 Å². The second-order valence-electron chi connectivity index (χ2n) is 8.03. The van der Waals surface area contributed by atoms with E-state index in [-0.39, 0.29) is 11.5 Å². The summed E-state index contributed by atoms with van der Waals surface area (Å²) < 4.78 is 18.4. The second kappa shape index (κ2) is 9.71. The number of furan rings is 1. The standard InChI is InChI=1S/C27H23N3O5S/c1-16-23(25(31)29-17-8-5-4-6-9-17)24(20-12-11-18(33-2)14-21(20)34-3)30-26(32)22(36-27(30)28-16)15-19-10-7-13-35-19/h4-15,24H,1-3H3,(H,29,31)/b22-15-/t24-/m0/s1. The Morgan fingerprint density at radius 2 is 1.92 bits per heavy atom. The molecule has 0 spiro atoms. The van der Waals surface area contributed by atoms with Crippen LogP contribution >= 0.6 is 11.3 Å². The van der Waals surface area contributed by atoms with Gasteiger partial charge in [0.1, 0.15) is 23.3 Å². The molecule has 1 N–H and O–H groups in total. The van der Waals surface area contributed by atoms with Crippen LogP contribution in [0.5, 0.6) is 11.5 Å². The third kappa shape index (κ3) is 4.25. The zero-order valence-corrected chi connectivity index (χ0v) is 20.7. The first-order chi connectivity index (χ1) is 17.5. The zero-order chi connectivity index (χ0) is 25.2. The Morgan fingerprint density at radius 1 is 1.11 bits per heavy atom. The van der Waals surface area contributed by atoms with Crippen molar-refractivity contribution >= 4 is 29.0 Å². The van der Waals surface area contributed by atoms with Gasteiger partial charge in [0, 0.05) is 23.4 Å². The van der Waals surface area contributed by atoms with E-state index in [0.717, 1.165) is 0 Å². The highest BCUT2D eigenvalue weighted by Crippen LogP contribution is 2.37. The van der Waals surface area contributed by atoms with Crippen molar-refractivity contribution in [2.45, 2.75) is 13.0 Å². The minimum absolute atomic E-state index is 0.282. The third-order valence-corrected chi connectivity index (χ3v) is 6.83. The molecule has 1 aliphatic rings. The molecule has 2 aromatic heterocycles. The Labute approximate surface area is 210 Å². The van der Waals surface area contributed by atoms with Crippen LogP contribution in [-0.4, -0.2) is 24.7 Å². The lowest BCUT2D eigenvalue weighted by Crippen LogP contribution is -2.40. The molecule has 8 nitrogen and oxygen atoms in total. The first-order valence-corrected chi connectivity index (χ1v) is 12.0. The number of hydrogen-bond acceptors (Lipinski definition) is 7. The molecule has 0 saturated carbocycles. The number of anilines is 1. The number of allylic oxidation sites excluding steroid dienone is 1. The van der Waals surface area contributed by atoms with Gasteiger partial charge in [-0.3, -0.25) is 14.2 Å². The number of para-hydroxylation sites is 1. The van der Waals surface area contributed by atoms with Crippen LogP contribution < -0.4 is 29.7 Å². The van der Waals surface area contributed by atoms with Crippen molar-refractivity contribution in [2.75, 3.05) is 19.5 Å². The molecular weight excluding hydrogens is 478 g/mol. The molecule has 5 rings (SSSR count). The average Bonchev–Trinajstić information content (AvgIpc) is 3.51. The molecule has 0 bridgehead atoms. The number of methoxy groups -OCH3 is 2. The fraction of sp³-hybridized carbons (Fsp3) is 0.148. The smallest absolute Gasteiger partial charge is 0.271 e. The normalized spacial score (nSPS) is 15.3. The maximum absolute atomic E-state index is 13.7. The van der Waals surface area contributed by atoms with Gasteiger partial charge in [-0.2, -0.15) is 0 Å². The number of aromatic nitrogens is 1. The van der Waals surface area contributed by atoms with Crippen LogP contribution in [0.25, 0.3) is 6.08 Å². The van der Waals surface area contributed by atoms with Gasteiger partial charge in [0.15, 0.2) is 4.80 Å². The zero-order valence-electron chi connectivity index (χ0n) is 19.8. The molecular formula is C27H23N3O5S. The Bertz CT molecular complexity index is 1630. The van der Waals surface area contributed by atoms with E-state index in [1.807, 2.05) is 18.2 Å². The number of carbonyl (C=O) groups is 1. The molecule has 2 aromatic carbocycles. The molecule has 0 saturated heterocycles. The Balaban J connectivity index is 1.73. The molecule has 0 fully saturated rings. The van der Waals surface area contributed by atoms with Crippen LogP contribution in [0.4, 0.5) is 5.69 Å². The summed E-state index contributed by atoms with van der Waals surface area (Å²) >= 11 is 1.24.